The van der Waals surface area contributed by atoms with Crippen molar-refractivity contribution in [3.05, 3.63) is 101 Å². The molecule has 1 aliphatic rings. The summed E-state index contributed by atoms with van der Waals surface area (Å²) in [6.07, 6.45) is 12.0. The Bertz CT molecular complexity index is 1450. The van der Waals surface area contributed by atoms with E-state index in [1.165, 1.54) is 17.6 Å². The lowest BCUT2D eigenvalue weighted by Crippen LogP contribution is -2.20. The fourth-order valence-electron chi connectivity index (χ4n) is 5.66. The van der Waals surface area contributed by atoms with Crippen molar-refractivity contribution >= 4 is 9.84 Å². The Morgan fingerprint density at radius 3 is 2.38 bits per heavy atom. The normalized spacial score (nSPS) is 17.5. The first-order chi connectivity index (χ1) is 19.6. The lowest BCUT2D eigenvalue weighted by atomic mass is 9.72. The van der Waals surface area contributed by atoms with Crippen molar-refractivity contribution in [3.63, 3.8) is 0 Å². The van der Waals surface area contributed by atoms with Crippen molar-refractivity contribution in [1.82, 2.24) is 0 Å². The van der Waals surface area contributed by atoms with Crippen molar-refractivity contribution in [2.24, 2.45) is 5.41 Å². The quantitative estimate of drug-likeness (QED) is 0.193. The van der Waals surface area contributed by atoms with Crippen LogP contribution in [0.25, 0.3) is 0 Å². The number of rotatable bonds is 11. The summed E-state index contributed by atoms with van der Waals surface area (Å²) in [6, 6.07) is 14.6. The second kappa shape index (κ2) is 13.9. The molecule has 0 bridgehead atoms. The molecule has 0 heterocycles. The van der Waals surface area contributed by atoms with E-state index in [-0.39, 0.29) is 10.8 Å². The average molecular weight is 591 g/mol. The fraction of sp³-hybridized carbons (Fsp3) is 0.459. The minimum absolute atomic E-state index is 0.0872. The Kier molecular flexibility index (Phi) is 11.1. The Hall–Kier alpha value is -3.05. The molecule has 0 N–H and O–H groups in total. The summed E-state index contributed by atoms with van der Waals surface area (Å²) >= 11 is 0. The van der Waals surface area contributed by atoms with Gasteiger partial charge in [0, 0.05) is 5.56 Å². The maximum Gasteiger partial charge on any atom is 0.185 e. The molecule has 0 aliphatic heterocycles. The van der Waals surface area contributed by atoms with E-state index in [0.29, 0.717) is 17.9 Å². The van der Waals surface area contributed by atoms with E-state index in [1.54, 1.807) is 31.4 Å². The zero-order valence-corrected chi connectivity index (χ0v) is 27.9. The molecule has 0 fully saturated rings. The van der Waals surface area contributed by atoms with Crippen LogP contribution >= 0.6 is 0 Å². The smallest absolute Gasteiger partial charge is 0.185 e. The van der Waals surface area contributed by atoms with E-state index in [2.05, 4.69) is 53.7 Å². The number of allylic oxidation sites excluding steroid dienone is 6. The highest BCUT2D eigenvalue weighted by atomic mass is 32.2. The van der Waals surface area contributed by atoms with E-state index in [9.17, 15) is 8.42 Å². The van der Waals surface area contributed by atoms with Gasteiger partial charge in [0.05, 0.1) is 17.3 Å². The Morgan fingerprint density at radius 2 is 1.76 bits per heavy atom. The van der Waals surface area contributed by atoms with Gasteiger partial charge in [-0.05, 0) is 99.3 Å². The molecule has 0 amide bonds. The van der Waals surface area contributed by atoms with Crippen LogP contribution in [-0.2, 0) is 15.3 Å². The zero-order chi connectivity index (χ0) is 31.1. The standard InChI is InChI=1S/C37H50O4S/c1-27(17-19-33-29(3)14-13-22-37(33,7)8)24-32(42(38,39)31-15-11-10-12-16-31)25-28(2)21-23-41-30-18-20-35(40-9)34(26-30)36(4,5)6/h10-12,15-21,24,26,32H,13-14,22-23,25H2,1-9H3/b19-17+,27-24+,28-21+. The summed E-state index contributed by atoms with van der Waals surface area (Å²) in [6.45, 7) is 17.6. The van der Waals surface area contributed by atoms with Crippen LogP contribution in [0.1, 0.15) is 86.6 Å². The third-order valence-corrected chi connectivity index (χ3v) is 10.2. The highest BCUT2D eigenvalue weighted by Crippen LogP contribution is 2.41. The summed E-state index contributed by atoms with van der Waals surface area (Å²) in [5.41, 5.74) is 5.82. The van der Waals surface area contributed by atoms with E-state index >= 15 is 0 Å². The number of ether oxygens (including phenoxy) is 2. The first kappa shape index (κ1) is 33.5. The van der Waals surface area contributed by atoms with Crippen molar-refractivity contribution in [1.29, 1.82) is 0 Å². The topological polar surface area (TPSA) is 52.6 Å². The molecule has 0 aromatic heterocycles. The fourth-order valence-corrected chi connectivity index (χ4v) is 7.42. The van der Waals surface area contributed by atoms with E-state index in [0.717, 1.165) is 41.1 Å². The number of benzene rings is 2. The number of hydrogen-bond acceptors (Lipinski definition) is 4. The van der Waals surface area contributed by atoms with Crippen molar-refractivity contribution < 1.29 is 17.9 Å². The zero-order valence-electron chi connectivity index (χ0n) is 27.1. The molecular formula is C37H50O4S. The summed E-state index contributed by atoms with van der Waals surface area (Å²) in [7, 11) is -1.91. The molecule has 1 unspecified atom stereocenters. The van der Waals surface area contributed by atoms with Crippen LogP contribution in [-0.4, -0.2) is 27.4 Å². The van der Waals surface area contributed by atoms with Gasteiger partial charge in [-0.25, -0.2) is 8.42 Å². The van der Waals surface area contributed by atoms with Gasteiger partial charge in [0.15, 0.2) is 9.84 Å². The van der Waals surface area contributed by atoms with Gasteiger partial charge < -0.3 is 9.47 Å². The minimum Gasteiger partial charge on any atom is -0.496 e. The van der Waals surface area contributed by atoms with Gasteiger partial charge in [-0.2, -0.15) is 0 Å². The Labute approximate surface area is 255 Å². The number of hydrogen-bond donors (Lipinski definition) is 0. The molecule has 5 heteroatoms. The monoisotopic (exact) mass is 590 g/mol. The van der Waals surface area contributed by atoms with Crippen LogP contribution in [0.15, 0.2) is 100 Å². The highest BCUT2D eigenvalue weighted by Gasteiger charge is 2.28. The molecular weight excluding hydrogens is 540 g/mol. The molecule has 42 heavy (non-hydrogen) atoms. The van der Waals surface area contributed by atoms with Gasteiger partial charge in [-0.3, -0.25) is 0 Å². The molecule has 0 spiro atoms. The molecule has 1 aliphatic carbocycles. The minimum atomic E-state index is -3.59. The van der Waals surface area contributed by atoms with Gasteiger partial charge >= 0.3 is 0 Å². The molecule has 0 saturated carbocycles. The van der Waals surface area contributed by atoms with Crippen LogP contribution in [0.4, 0.5) is 0 Å². The summed E-state index contributed by atoms with van der Waals surface area (Å²) in [4.78, 5) is 0.340. The van der Waals surface area contributed by atoms with Crippen LogP contribution in [0.5, 0.6) is 11.5 Å². The average Bonchev–Trinajstić information content (AvgIpc) is 2.92. The first-order valence-electron chi connectivity index (χ1n) is 15.0. The molecule has 2 aromatic rings. The van der Waals surface area contributed by atoms with E-state index < -0.39 is 15.1 Å². The second-order valence-corrected chi connectivity index (χ2v) is 15.4. The molecule has 1 atom stereocenters. The molecule has 2 aromatic carbocycles. The lowest BCUT2D eigenvalue weighted by molar-refractivity contribution is 0.356. The lowest BCUT2D eigenvalue weighted by Gasteiger charge is -2.33. The third-order valence-electron chi connectivity index (χ3n) is 8.16. The van der Waals surface area contributed by atoms with E-state index in [4.69, 9.17) is 9.47 Å². The second-order valence-electron chi connectivity index (χ2n) is 13.2. The molecule has 228 valence electrons. The summed E-state index contributed by atoms with van der Waals surface area (Å²) in [5.74, 6) is 1.60. The largest absolute Gasteiger partial charge is 0.496 e. The summed E-state index contributed by atoms with van der Waals surface area (Å²) in [5, 5.41) is -0.691. The van der Waals surface area contributed by atoms with Crippen LogP contribution in [0.3, 0.4) is 0 Å². The van der Waals surface area contributed by atoms with Gasteiger partial charge in [0.1, 0.15) is 18.1 Å². The third kappa shape index (κ3) is 8.73. The molecule has 0 radical (unpaired) electrons. The maximum atomic E-state index is 13.8. The van der Waals surface area contributed by atoms with Crippen molar-refractivity contribution in [3.8, 4) is 11.5 Å². The highest BCUT2D eigenvalue weighted by molar-refractivity contribution is 7.92. The van der Waals surface area contributed by atoms with Gasteiger partial charge in [0.25, 0.3) is 0 Å². The van der Waals surface area contributed by atoms with E-state index in [1.807, 2.05) is 50.3 Å². The van der Waals surface area contributed by atoms with Crippen molar-refractivity contribution in [2.75, 3.05) is 13.7 Å². The first-order valence-corrected chi connectivity index (χ1v) is 16.5. The number of methoxy groups -OCH3 is 1. The molecule has 3 rings (SSSR count). The van der Waals surface area contributed by atoms with Crippen LogP contribution in [0, 0.1) is 5.41 Å². The SMILES string of the molecule is COc1ccc(OC/C=C(\C)CC(/C=C(C)/C=C/C2=C(C)CCCC2(C)C)S(=O)(=O)c2ccccc2)cc1C(C)(C)C. The molecule has 4 nitrogen and oxygen atoms in total. The Morgan fingerprint density at radius 1 is 1.07 bits per heavy atom. The van der Waals surface area contributed by atoms with Crippen LogP contribution in [0.2, 0.25) is 0 Å². The van der Waals surface area contributed by atoms with Gasteiger partial charge in [-0.1, -0.05) is 87.8 Å². The predicted molar refractivity (Wildman–Crippen MR) is 176 cm³/mol. The summed E-state index contributed by atoms with van der Waals surface area (Å²) < 4.78 is 39.2. The maximum absolute atomic E-state index is 13.8. The van der Waals surface area contributed by atoms with Crippen molar-refractivity contribution in [2.45, 2.75) is 96.6 Å². The van der Waals surface area contributed by atoms with Gasteiger partial charge in [0.2, 0.25) is 0 Å². The Balaban J connectivity index is 1.84. The van der Waals surface area contributed by atoms with Crippen LogP contribution < -0.4 is 9.47 Å². The van der Waals surface area contributed by atoms with Gasteiger partial charge in [-0.15, -0.1) is 0 Å². The molecule has 0 saturated heterocycles. The number of sulfone groups is 1. The predicted octanol–water partition coefficient (Wildman–Crippen LogP) is 9.58.